The molecule has 1 heterocycles. The molecule has 0 bridgehead atoms. The number of imide groups is 1. The SMILES string of the molecule is CC(C)CC[C@]1(C)NC(=O)N(CC(=O)OCC(=O)N[C@H](C)c2ccccc2)C1=O. The van der Waals surface area contributed by atoms with Crippen LogP contribution in [0.5, 0.6) is 0 Å². The Morgan fingerprint density at radius 2 is 1.83 bits per heavy atom. The van der Waals surface area contributed by atoms with Gasteiger partial charge in [-0.3, -0.25) is 19.3 Å². The number of ether oxygens (including phenoxy) is 1. The van der Waals surface area contributed by atoms with E-state index in [1.54, 1.807) is 6.92 Å². The number of nitrogens with zero attached hydrogens (tertiary/aromatic N) is 1. The minimum atomic E-state index is -1.02. The summed E-state index contributed by atoms with van der Waals surface area (Å²) in [5, 5.41) is 5.38. The first-order chi connectivity index (χ1) is 13.6. The fourth-order valence-electron chi connectivity index (χ4n) is 3.07. The van der Waals surface area contributed by atoms with Gasteiger partial charge in [0, 0.05) is 0 Å². The van der Waals surface area contributed by atoms with Gasteiger partial charge in [-0.05, 0) is 38.2 Å². The second kappa shape index (κ2) is 9.54. The predicted octanol–water partition coefficient (Wildman–Crippen LogP) is 2.15. The van der Waals surface area contributed by atoms with Crippen molar-refractivity contribution in [2.45, 2.75) is 52.1 Å². The zero-order chi connectivity index (χ0) is 21.6. The van der Waals surface area contributed by atoms with E-state index in [1.807, 2.05) is 51.1 Å². The van der Waals surface area contributed by atoms with Crippen LogP contribution in [0.2, 0.25) is 0 Å². The number of hydrogen-bond acceptors (Lipinski definition) is 5. The summed E-state index contributed by atoms with van der Waals surface area (Å²) in [7, 11) is 0. The number of urea groups is 1. The third-order valence-electron chi connectivity index (χ3n) is 4.90. The number of nitrogens with one attached hydrogen (secondary N) is 2. The highest BCUT2D eigenvalue weighted by Crippen LogP contribution is 2.24. The van der Waals surface area contributed by atoms with E-state index in [-0.39, 0.29) is 6.04 Å². The molecule has 158 valence electrons. The lowest BCUT2D eigenvalue weighted by Crippen LogP contribution is -2.44. The number of benzene rings is 1. The average Bonchev–Trinajstić information content (AvgIpc) is 2.89. The summed E-state index contributed by atoms with van der Waals surface area (Å²) in [5.74, 6) is -1.35. The standard InChI is InChI=1S/C21H29N3O5/c1-14(2)10-11-21(4)19(27)24(20(28)23-21)12-18(26)29-13-17(25)22-15(3)16-8-6-5-7-9-16/h5-9,14-15H,10-13H2,1-4H3,(H,22,25)(H,23,28)/t15-,21+/m1/s1. The number of carbonyl (C=O) groups excluding carboxylic acids is 4. The highest BCUT2D eigenvalue weighted by molar-refractivity contribution is 6.08. The van der Waals surface area contributed by atoms with Crippen LogP contribution in [0, 0.1) is 5.92 Å². The van der Waals surface area contributed by atoms with Gasteiger partial charge in [0.1, 0.15) is 12.1 Å². The van der Waals surface area contributed by atoms with Crippen molar-refractivity contribution in [3.8, 4) is 0 Å². The molecule has 0 spiro atoms. The van der Waals surface area contributed by atoms with Crippen molar-refractivity contribution in [3.05, 3.63) is 35.9 Å². The molecule has 29 heavy (non-hydrogen) atoms. The van der Waals surface area contributed by atoms with Gasteiger partial charge >= 0.3 is 12.0 Å². The molecule has 0 aliphatic carbocycles. The zero-order valence-electron chi connectivity index (χ0n) is 17.4. The Bertz CT molecular complexity index is 765. The van der Waals surface area contributed by atoms with Crippen LogP contribution in [0.1, 0.15) is 52.1 Å². The van der Waals surface area contributed by atoms with Crippen molar-refractivity contribution in [1.82, 2.24) is 15.5 Å². The van der Waals surface area contributed by atoms with E-state index < -0.39 is 42.5 Å². The second-order valence-electron chi connectivity index (χ2n) is 7.95. The Balaban J connectivity index is 1.82. The van der Waals surface area contributed by atoms with E-state index in [9.17, 15) is 19.2 Å². The van der Waals surface area contributed by atoms with Crippen molar-refractivity contribution in [1.29, 1.82) is 0 Å². The van der Waals surface area contributed by atoms with Gasteiger partial charge in [0.05, 0.1) is 6.04 Å². The number of rotatable bonds is 9. The van der Waals surface area contributed by atoms with E-state index in [4.69, 9.17) is 4.74 Å². The fourth-order valence-corrected chi connectivity index (χ4v) is 3.07. The smallest absolute Gasteiger partial charge is 0.326 e. The summed E-state index contributed by atoms with van der Waals surface area (Å²) in [6.45, 7) is 6.53. The molecule has 2 atom stereocenters. The maximum Gasteiger partial charge on any atom is 0.326 e. The fraction of sp³-hybridized carbons (Fsp3) is 0.524. The molecule has 8 heteroatoms. The lowest BCUT2D eigenvalue weighted by atomic mass is 9.92. The summed E-state index contributed by atoms with van der Waals surface area (Å²) in [4.78, 5) is 49.6. The summed E-state index contributed by atoms with van der Waals surface area (Å²) in [6.07, 6.45) is 1.25. The summed E-state index contributed by atoms with van der Waals surface area (Å²) in [6, 6.07) is 8.50. The molecule has 2 rings (SSSR count). The summed E-state index contributed by atoms with van der Waals surface area (Å²) in [5.41, 5.74) is -0.100. The second-order valence-corrected chi connectivity index (χ2v) is 7.95. The average molecular weight is 403 g/mol. The quantitative estimate of drug-likeness (QED) is 0.486. The van der Waals surface area contributed by atoms with Gasteiger partial charge in [0.2, 0.25) is 0 Å². The van der Waals surface area contributed by atoms with Gasteiger partial charge in [-0.2, -0.15) is 0 Å². The molecular formula is C21H29N3O5. The topological polar surface area (TPSA) is 105 Å². The highest BCUT2D eigenvalue weighted by Gasteiger charge is 2.48. The van der Waals surface area contributed by atoms with Gasteiger partial charge in [0.25, 0.3) is 11.8 Å². The van der Waals surface area contributed by atoms with Gasteiger partial charge < -0.3 is 15.4 Å². The van der Waals surface area contributed by atoms with E-state index >= 15 is 0 Å². The zero-order valence-corrected chi connectivity index (χ0v) is 17.4. The third kappa shape index (κ3) is 6.04. The number of carbonyl (C=O) groups is 4. The minimum absolute atomic E-state index is 0.241. The van der Waals surface area contributed by atoms with Gasteiger partial charge in [-0.15, -0.1) is 0 Å². The Morgan fingerprint density at radius 3 is 2.45 bits per heavy atom. The molecule has 1 aromatic carbocycles. The number of esters is 1. The first kappa shape index (κ1) is 22.4. The van der Waals surface area contributed by atoms with Crippen molar-refractivity contribution in [3.63, 3.8) is 0 Å². The van der Waals surface area contributed by atoms with Gasteiger partial charge in [-0.1, -0.05) is 44.2 Å². The maximum absolute atomic E-state index is 12.6. The molecular weight excluding hydrogens is 374 g/mol. The Morgan fingerprint density at radius 1 is 1.17 bits per heavy atom. The van der Waals surface area contributed by atoms with Crippen molar-refractivity contribution < 1.29 is 23.9 Å². The Labute approximate surface area is 171 Å². The lowest BCUT2D eigenvalue weighted by molar-refractivity contribution is -0.151. The van der Waals surface area contributed by atoms with Gasteiger partial charge in [-0.25, -0.2) is 4.79 Å². The molecule has 4 amide bonds. The normalized spacial score (nSPS) is 19.8. The van der Waals surface area contributed by atoms with Crippen molar-refractivity contribution in [2.24, 2.45) is 5.92 Å². The van der Waals surface area contributed by atoms with Crippen LogP contribution in [0.15, 0.2) is 30.3 Å². The molecule has 2 N–H and O–H groups in total. The van der Waals surface area contributed by atoms with Crippen molar-refractivity contribution in [2.75, 3.05) is 13.2 Å². The Kier molecular flexibility index (Phi) is 7.36. The third-order valence-corrected chi connectivity index (χ3v) is 4.90. The summed E-state index contributed by atoms with van der Waals surface area (Å²) < 4.78 is 4.94. The first-order valence-corrected chi connectivity index (χ1v) is 9.76. The van der Waals surface area contributed by atoms with Crippen molar-refractivity contribution >= 4 is 23.8 Å². The van der Waals surface area contributed by atoms with E-state index in [2.05, 4.69) is 10.6 Å². The molecule has 1 aliphatic heterocycles. The summed E-state index contributed by atoms with van der Waals surface area (Å²) >= 11 is 0. The molecule has 1 fully saturated rings. The first-order valence-electron chi connectivity index (χ1n) is 9.76. The van der Waals surface area contributed by atoms with Crippen LogP contribution in [-0.2, 0) is 19.1 Å². The van der Waals surface area contributed by atoms with Crippen LogP contribution < -0.4 is 10.6 Å². The molecule has 0 saturated carbocycles. The number of amides is 4. The van der Waals surface area contributed by atoms with Gasteiger partial charge in [0.15, 0.2) is 6.61 Å². The largest absolute Gasteiger partial charge is 0.454 e. The van der Waals surface area contributed by atoms with Crippen LogP contribution in [0.25, 0.3) is 0 Å². The predicted molar refractivity (Wildman–Crippen MR) is 107 cm³/mol. The Hall–Kier alpha value is -2.90. The molecule has 1 aromatic rings. The van der Waals surface area contributed by atoms with Crippen LogP contribution in [-0.4, -0.2) is 47.4 Å². The van der Waals surface area contributed by atoms with Crippen LogP contribution in [0.3, 0.4) is 0 Å². The molecule has 0 unspecified atom stereocenters. The van der Waals surface area contributed by atoms with E-state index in [0.717, 1.165) is 16.9 Å². The van der Waals surface area contributed by atoms with E-state index in [0.29, 0.717) is 12.3 Å². The molecule has 0 radical (unpaired) electrons. The molecule has 1 saturated heterocycles. The van der Waals surface area contributed by atoms with Crippen LogP contribution in [0.4, 0.5) is 4.79 Å². The van der Waals surface area contributed by atoms with E-state index in [1.165, 1.54) is 0 Å². The maximum atomic E-state index is 12.6. The monoisotopic (exact) mass is 403 g/mol. The molecule has 1 aliphatic rings. The highest BCUT2D eigenvalue weighted by atomic mass is 16.5. The minimum Gasteiger partial charge on any atom is -0.454 e. The molecule has 0 aromatic heterocycles. The lowest BCUT2D eigenvalue weighted by Gasteiger charge is -2.22. The number of hydrogen-bond donors (Lipinski definition) is 2. The van der Waals surface area contributed by atoms with Crippen LogP contribution >= 0.6 is 0 Å². The molecule has 8 nitrogen and oxygen atoms in total.